The maximum Gasteiger partial charge on any atom is 0.304 e. The van der Waals surface area contributed by atoms with Gasteiger partial charge in [0.2, 0.25) is 0 Å². The molecular formula is C10H13N3O3S. The van der Waals surface area contributed by atoms with Crippen LogP contribution in [-0.4, -0.2) is 14.5 Å². The summed E-state index contributed by atoms with van der Waals surface area (Å²) in [5.74, 6) is 0.662. The summed E-state index contributed by atoms with van der Waals surface area (Å²) < 4.78 is 24.5. The third kappa shape index (κ3) is 5.31. The molecule has 0 saturated carbocycles. The lowest BCUT2D eigenvalue weighted by Gasteiger charge is -2.09. The molecule has 1 saturated heterocycles. The Morgan fingerprint density at radius 2 is 1.82 bits per heavy atom. The average Bonchev–Trinajstić information content (AvgIpc) is 2.95. The molecule has 17 heavy (non-hydrogen) atoms. The number of nitrogens with zero attached hydrogens (tertiary/aromatic N) is 1. The van der Waals surface area contributed by atoms with Crippen LogP contribution in [0.4, 0.5) is 0 Å². The summed E-state index contributed by atoms with van der Waals surface area (Å²) in [6.07, 6.45) is 0.111. The van der Waals surface area contributed by atoms with Crippen molar-refractivity contribution in [2.45, 2.75) is 20.0 Å². The van der Waals surface area contributed by atoms with E-state index in [1.807, 2.05) is 35.6 Å². The number of nitriles is 1. The van der Waals surface area contributed by atoms with E-state index in [2.05, 4.69) is 6.07 Å². The Kier molecular flexibility index (Phi) is 4.45. The lowest BCUT2D eigenvalue weighted by atomic mass is 10.2. The van der Waals surface area contributed by atoms with Gasteiger partial charge in [0.15, 0.2) is 0 Å². The van der Waals surface area contributed by atoms with Crippen molar-refractivity contribution in [2.75, 3.05) is 0 Å². The van der Waals surface area contributed by atoms with E-state index in [0.29, 0.717) is 11.3 Å². The predicted octanol–water partition coefficient (Wildman–Crippen LogP) is 0.684. The zero-order chi connectivity index (χ0) is 12.9. The third-order valence-corrected chi connectivity index (χ3v) is 2.18. The van der Waals surface area contributed by atoms with Crippen LogP contribution < -0.4 is 14.4 Å². The standard InChI is InChI=1S/C10H11NO.H2N2O2S/c1-8(2)12-10-6-4-3-5-9(10)7-11;3-5(4)1-2-5/h3-6,8H,1-2H3;1-2H. The molecule has 1 aromatic carbocycles. The zero-order valence-electron chi connectivity index (χ0n) is 9.47. The van der Waals surface area contributed by atoms with Gasteiger partial charge in [0.25, 0.3) is 0 Å². The summed E-state index contributed by atoms with van der Waals surface area (Å²) in [5.41, 5.74) is 0.589. The van der Waals surface area contributed by atoms with Crippen LogP contribution >= 0.6 is 0 Å². The van der Waals surface area contributed by atoms with E-state index < -0.39 is 10.2 Å². The molecule has 1 aliphatic rings. The second-order valence-corrected chi connectivity index (χ2v) is 4.90. The van der Waals surface area contributed by atoms with Gasteiger partial charge in [-0.1, -0.05) is 12.1 Å². The van der Waals surface area contributed by atoms with Crippen LogP contribution in [-0.2, 0) is 10.2 Å². The Morgan fingerprint density at radius 3 is 2.24 bits per heavy atom. The fraction of sp³-hybridized carbons (Fsp3) is 0.300. The summed E-state index contributed by atoms with van der Waals surface area (Å²) in [4.78, 5) is 3.79. The largest absolute Gasteiger partial charge is 0.490 e. The Hall–Kier alpha value is -1.62. The molecule has 92 valence electrons. The molecule has 1 aromatic rings. The summed E-state index contributed by atoms with van der Waals surface area (Å²) >= 11 is 0. The van der Waals surface area contributed by atoms with Crippen molar-refractivity contribution < 1.29 is 13.2 Å². The van der Waals surface area contributed by atoms with Gasteiger partial charge < -0.3 is 4.74 Å². The predicted molar refractivity (Wildman–Crippen MR) is 62.1 cm³/mol. The van der Waals surface area contributed by atoms with Gasteiger partial charge in [-0.05, 0) is 26.0 Å². The minimum absolute atomic E-state index is 0.111. The number of para-hydroxylation sites is 1. The third-order valence-electron chi connectivity index (χ3n) is 1.64. The summed E-state index contributed by atoms with van der Waals surface area (Å²) in [5, 5.41) is 8.70. The number of ether oxygens (including phenoxy) is 1. The topological polar surface area (TPSA) is 111 Å². The molecule has 0 aliphatic carbocycles. The van der Waals surface area contributed by atoms with Crippen LogP contribution in [0.25, 0.3) is 0 Å². The summed E-state index contributed by atoms with van der Waals surface area (Å²) in [6.45, 7) is 3.88. The number of hydrazine groups is 1. The highest BCUT2D eigenvalue weighted by Crippen LogP contribution is 2.17. The molecule has 1 aliphatic heterocycles. The van der Waals surface area contributed by atoms with Crippen LogP contribution in [0.5, 0.6) is 5.75 Å². The van der Waals surface area contributed by atoms with Crippen LogP contribution in [0, 0.1) is 11.3 Å². The molecule has 1 heterocycles. The average molecular weight is 255 g/mol. The van der Waals surface area contributed by atoms with Gasteiger partial charge in [0.1, 0.15) is 11.8 Å². The lowest BCUT2D eigenvalue weighted by molar-refractivity contribution is 0.241. The number of rotatable bonds is 2. The SMILES string of the molecule is CC(C)Oc1ccccc1C#N.O=S1(=O)NN1. The van der Waals surface area contributed by atoms with Gasteiger partial charge in [0, 0.05) is 0 Å². The molecule has 6 nitrogen and oxygen atoms in total. The second kappa shape index (κ2) is 5.63. The fourth-order valence-electron chi connectivity index (χ4n) is 0.950. The van der Waals surface area contributed by atoms with E-state index in [4.69, 9.17) is 10.00 Å². The van der Waals surface area contributed by atoms with Gasteiger partial charge in [0.05, 0.1) is 11.7 Å². The van der Waals surface area contributed by atoms with E-state index in [1.165, 1.54) is 0 Å². The smallest absolute Gasteiger partial charge is 0.304 e. The highest BCUT2D eigenvalue weighted by atomic mass is 32.2. The van der Waals surface area contributed by atoms with Crippen molar-refractivity contribution in [3.8, 4) is 11.8 Å². The maximum atomic E-state index is 9.52. The Morgan fingerprint density at radius 1 is 1.29 bits per heavy atom. The van der Waals surface area contributed by atoms with Crippen molar-refractivity contribution in [3.63, 3.8) is 0 Å². The maximum absolute atomic E-state index is 9.52. The minimum Gasteiger partial charge on any atom is -0.490 e. The minimum atomic E-state index is -2.92. The molecule has 0 aromatic heterocycles. The quantitative estimate of drug-likeness (QED) is 0.757. The highest BCUT2D eigenvalue weighted by molar-refractivity contribution is 7.93. The van der Waals surface area contributed by atoms with Gasteiger partial charge in [-0.15, -0.1) is 9.66 Å². The van der Waals surface area contributed by atoms with Crippen LogP contribution in [0.3, 0.4) is 0 Å². The number of hydrogen-bond acceptors (Lipinski definition) is 4. The summed E-state index contributed by atoms with van der Waals surface area (Å²) in [7, 11) is -2.92. The Labute approximate surface area is 100 Å². The molecule has 0 spiro atoms. The van der Waals surface area contributed by atoms with Crippen molar-refractivity contribution in [1.29, 1.82) is 5.26 Å². The first-order chi connectivity index (χ1) is 7.94. The van der Waals surface area contributed by atoms with E-state index in [-0.39, 0.29) is 6.10 Å². The van der Waals surface area contributed by atoms with Crippen molar-refractivity contribution >= 4 is 10.2 Å². The first-order valence-electron chi connectivity index (χ1n) is 4.89. The molecular weight excluding hydrogens is 242 g/mol. The molecule has 1 fully saturated rings. The lowest BCUT2D eigenvalue weighted by Crippen LogP contribution is -2.06. The summed E-state index contributed by atoms with van der Waals surface area (Å²) in [6, 6.07) is 9.31. The van der Waals surface area contributed by atoms with Crippen molar-refractivity contribution in [3.05, 3.63) is 29.8 Å². The van der Waals surface area contributed by atoms with Crippen LogP contribution in [0.2, 0.25) is 0 Å². The van der Waals surface area contributed by atoms with Crippen molar-refractivity contribution in [2.24, 2.45) is 0 Å². The van der Waals surface area contributed by atoms with Gasteiger partial charge in [-0.2, -0.15) is 13.7 Å². The molecule has 0 amide bonds. The number of benzene rings is 1. The van der Waals surface area contributed by atoms with Gasteiger partial charge in [-0.25, -0.2) is 0 Å². The molecule has 0 bridgehead atoms. The van der Waals surface area contributed by atoms with E-state index in [0.717, 1.165) is 0 Å². The van der Waals surface area contributed by atoms with Crippen molar-refractivity contribution in [1.82, 2.24) is 9.66 Å². The normalized spacial score (nSPS) is 15.4. The monoisotopic (exact) mass is 255 g/mol. The fourth-order valence-corrected chi connectivity index (χ4v) is 1.22. The van der Waals surface area contributed by atoms with E-state index in [9.17, 15) is 8.42 Å². The molecule has 0 unspecified atom stereocenters. The number of hydrogen-bond donors (Lipinski definition) is 2. The molecule has 7 heteroatoms. The van der Waals surface area contributed by atoms with Crippen LogP contribution in [0.1, 0.15) is 19.4 Å². The van der Waals surface area contributed by atoms with E-state index in [1.54, 1.807) is 12.1 Å². The van der Waals surface area contributed by atoms with Crippen LogP contribution in [0.15, 0.2) is 24.3 Å². The Balaban J connectivity index is 0.000000239. The molecule has 2 N–H and O–H groups in total. The number of nitrogens with one attached hydrogen (secondary N) is 2. The molecule has 2 rings (SSSR count). The zero-order valence-corrected chi connectivity index (χ0v) is 10.3. The molecule has 0 atom stereocenters. The van der Waals surface area contributed by atoms with Gasteiger partial charge >= 0.3 is 10.2 Å². The van der Waals surface area contributed by atoms with E-state index >= 15 is 0 Å². The molecule has 0 radical (unpaired) electrons. The second-order valence-electron chi connectivity index (χ2n) is 3.48. The van der Waals surface area contributed by atoms with Gasteiger partial charge in [-0.3, -0.25) is 0 Å². The highest BCUT2D eigenvalue weighted by Gasteiger charge is 2.22. The first-order valence-corrected chi connectivity index (χ1v) is 6.37. The Bertz CT molecular complexity index is 510. The first kappa shape index (κ1) is 13.4.